The Kier molecular flexibility index (Phi) is 6.25. The highest BCUT2D eigenvalue weighted by Crippen LogP contribution is 2.23. The fourth-order valence-electron chi connectivity index (χ4n) is 1.66. The van der Waals surface area contributed by atoms with Gasteiger partial charge in [0.2, 0.25) is 0 Å². The van der Waals surface area contributed by atoms with E-state index in [1.165, 1.54) is 0 Å². The molecule has 2 aromatic rings. The van der Waals surface area contributed by atoms with Gasteiger partial charge in [0.15, 0.2) is 0 Å². The van der Waals surface area contributed by atoms with Crippen molar-refractivity contribution in [3.05, 3.63) is 70.0 Å². The fraction of sp³-hybridized carbons (Fsp3) is 0.125. The number of nitrogens with one attached hydrogen (secondary N) is 1. The van der Waals surface area contributed by atoms with Gasteiger partial charge in [-0.3, -0.25) is 0 Å². The molecule has 1 aromatic carbocycles. The van der Waals surface area contributed by atoms with Crippen LogP contribution >= 0.6 is 23.2 Å². The molecule has 0 bridgehead atoms. The number of nitrogens with zero attached hydrogens (tertiary/aromatic N) is 1. The lowest BCUT2D eigenvalue weighted by atomic mass is 10.2. The van der Waals surface area contributed by atoms with Crippen LogP contribution in [0.25, 0.3) is 6.08 Å². The average Bonchev–Trinajstić information content (AvgIpc) is 2.54. The zero-order valence-corrected chi connectivity index (χ0v) is 13.1. The quantitative estimate of drug-likeness (QED) is 0.827. The van der Waals surface area contributed by atoms with Gasteiger partial charge in [-0.05, 0) is 17.2 Å². The van der Waals surface area contributed by atoms with Crippen LogP contribution in [-0.4, -0.2) is 17.6 Å². The molecule has 2 rings (SSSR count). The van der Waals surface area contributed by atoms with Crippen LogP contribution in [0.3, 0.4) is 0 Å². The number of hydrogen-bond donors (Lipinski definition) is 1. The first-order valence-electron chi connectivity index (χ1n) is 6.58. The van der Waals surface area contributed by atoms with E-state index in [4.69, 9.17) is 27.9 Å². The van der Waals surface area contributed by atoms with Crippen LogP contribution < -0.4 is 5.32 Å². The van der Waals surface area contributed by atoms with E-state index < -0.39 is 6.09 Å². The Balaban J connectivity index is 1.75. The van der Waals surface area contributed by atoms with Crippen molar-refractivity contribution in [2.24, 2.45) is 0 Å². The van der Waals surface area contributed by atoms with Crippen molar-refractivity contribution in [1.82, 2.24) is 10.3 Å². The minimum absolute atomic E-state index is 0.238. The lowest BCUT2D eigenvalue weighted by Crippen LogP contribution is -2.24. The maximum absolute atomic E-state index is 11.5. The van der Waals surface area contributed by atoms with Crippen LogP contribution in [0.2, 0.25) is 10.2 Å². The Hall–Kier alpha value is -2.04. The molecule has 1 amide bonds. The summed E-state index contributed by atoms with van der Waals surface area (Å²) >= 11 is 11.8. The van der Waals surface area contributed by atoms with Gasteiger partial charge in [0.25, 0.3) is 0 Å². The van der Waals surface area contributed by atoms with Crippen LogP contribution in [0.4, 0.5) is 4.79 Å². The van der Waals surface area contributed by atoms with Gasteiger partial charge in [0.05, 0.1) is 5.02 Å². The minimum Gasteiger partial charge on any atom is -0.445 e. The molecule has 22 heavy (non-hydrogen) atoms. The van der Waals surface area contributed by atoms with Crippen molar-refractivity contribution in [2.75, 3.05) is 6.54 Å². The summed E-state index contributed by atoms with van der Waals surface area (Å²) in [6.07, 6.45) is 4.59. The summed E-state index contributed by atoms with van der Waals surface area (Å²) in [4.78, 5) is 15.4. The SMILES string of the molecule is O=C(NCC=Cc1ccnc(Cl)c1Cl)OCc1ccccc1. The van der Waals surface area contributed by atoms with Crippen molar-refractivity contribution in [3.63, 3.8) is 0 Å². The maximum atomic E-state index is 11.5. The van der Waals surface area contributed by atoms with Crippen molar-refractivity contribution in [2.45, 2.75) is 6.61 Å². The number of pyridine rings is 1. The summed E-state index contributed by atoms with van der Waals surface area (Å²) in [5.74, 6) is 0. The highest BCUT2D eigenvalue weighted by molar-refractivity contribution is 6.42. The molecule has 6 heteroatoms. The van der Waals surface area contributed by atoms with E-state index >= 15 is 0 Å². The molecule has 0 radical (unpaired) electrons. The molecular weight excluding hydrogens is 323 g/mol. The largest absolute Gasteiger partial charge is 0.445 e. The fourth-order valence-corrected chi connectivity index (χ4v) is 2.00. The van der Waals surface area contributed by atoms with Crippen molar-refractivity contribution < 1.29 is 9.53 Å². The molecule has 0 aliphatic rings. The van der Waals surface area contributed by atoms with Crippen molar-refractivity contribution >= 4 is 35.4 Å². The summed E-state index contributed by atoms with van der Waals surface area (Å²) in [7, 11) is 0. The lowest BCUT2D eigenvalue weighted by molar-refractivity contribution is 0.141. The topological polar surface area (TPSA) is 51.2 Å². The maximum Gasteiger partial charge on any atom is 0.407 e. The van der Waals surface area contributed by atoms with E-state index in [9.17, 15) is 4.79 Å². The third-order valence-electron chi connectivity index (χ3n) is 2.75. The molecule has 0 fully saturated rings. The van der Waals surface area contributed by atoms with Gasteiger partial charge in [-0.25, -0.2) is 9.78 Å². The molecule has 1 heterocycles. The summed E-state index contributed by atoms with van der Waals surface area (Å²) in [5, 5.41) is 3.25. The number of rotatable bonds is 5. The molecule has 0 spiro atoms. The number of hydrogen-bond acceptors (Lipinski definition) is 3. The van der Waals surface area contributed by atoms with Gasteiger partial charge in [-0.1, -0.05) is 65.7 Å². The van der Waals surface area contributed by atoms with Crippen molar-refractivity contribution in [3.8, 4) is 0 Å². The number of aromatic nitrogens is 1. The molecule has 0 aliphatic carbocycles. The lowest BCUT2D eigenvalue weighted by Gasteiger charge is -2.05. The molecule has 0 saturated heterocycles. The Labute approximate surface area is 138 Å². The van der Waals surface area contributed by atoms with E-state index in [1.54, 1.807) is 24.4 Å². The first-order valence-corrected chi connectivity index (χ1v) is 7.33. The predicted molar refractivity (Wildman–Crippen MR) is 87.9 cm³/mol. The third-order valence-corrected chi connectivity index (χ3v) is 3.53. The van der Waals surface area contributed by atoms with Gasteiger partial charge in [-0.15, -0.1) is 0 Å². The zero-order chi connectivity index (χ0) is 15.8. The van der Waals surface area contributed by atoms with Gasteiger partial charge in [0.1, 0.15) is 11.8 Å². The standard InChI is InChI=1S/C16H14Cl2N2O2/c17-14-13(8-10-19-15(14)18)7-4-9-20-16(21)22-11-12-5-2-1-3-6-12/h1-8,10H,9,11H2,(H,20,21). The second kappa shape index (κ2) is 8.41. The van der Waals surface area contributed by atoms with Crippen LogP contribution in [0.5, 0.6) is 0 Å². The van der Waals surface area contributed by atoms with Gasteiger partial charge >= 0.3 is 6.09 Å². The molecule has 0 saturated carbocycles. The number of amides is 1. The number of ether oxygens (including phenoxy) is 1. The summed E-state index contributed by atoms with van der Waals surface area (Å²) < 4.78 is 5.08. The highest BCUT2D eigenvalue weighted by Gasteiger charge is 2.03. The molecule has 1 N–H and O–H groups in total. The first-order chi connectivity index (χ1) is 10.7. The minimum atomic E-state index is -0.479. The number of halogens is 2. The molecule has 0 atom stereocenters. The zero-order valence-electron chi connectivity index (χ0n) is 11.6. The van der Waals surface area contributed by atoms with Crippen LogP contribution in [0, 0.1) is 0 Å². The van der Waals surface area contributed by atoms with Crippen LogP contribution in [-0.2, 0) is 11.3 Å². The molecule has 114 valence electrons. The van der Waals surface area contributed by atoms with E-state index in [2.05, 4.69) is 10.3 Å². The Morgan fingerprint density at radius 2 is 2.00 bits per heavy atom. The molecular formula is C16H14Cl2N2O2. The predicted octanol–water partition coefficient (Wildman–Crippen LogP) is 4.33. The summed E-state index contributed by atoms with van der Waals surface area (Å²) in [6, 6.07) is 11.2. The van der Waals surface area contributed by atoms with Crippen LogP contribution in [0.1, 0.15) is 11.1 Å². The number of benzene rings is 1. The van der Waals surface area contributed by atoms with E-state index in [0.717, 1.165) is 11.1 Å². The number of carbonyl (C=O) groups is 1. The van der Waals surface area contributed by atoms with Gasteiger partial charge in [0, 0.05) is 12.7 Å². The smallest absolute Gasteiger partial charge is 0.407 e. The van der Waals surface area contributed by atoms with Gasteiger partial charge in [-0.2, -0.15) is 0 Å². The Morgan fingerprint density at radius 1 is 1.23 bits per heavy atom. The third kappa shape index (κ3) is 5.06. The van der Waals surface area contributed by atoms with Crippen LogP contribution in [0.15, 0.2) is 48.7 Å². The first kappa shape index (κ1) is 16.3. The van der Waals surface area contributed by atoms with Gasteiger partial charge < -0.3 is 10.1 Å². The Bertz CT molecular complexity index is 660. The summed E-state index contributed by atoms with van der Waals surface area (Å²) in [6.45, 7) is 0.562. The average molecular weight is 337 g/mol. The van der Waals surface area contributed by atoms with Crippen molar-refractivity contribution in [1.29, 1.82) is 0 Å². The summed E-state index contributed by atoms with van der Waals surface area (Å²) in [5.41, 5.74) is 1.67. The number of carbonyl (C=O) groups excluding carboxylic acids is 1. The monoisotopic (exact) mass is 336 g/mol. The highest BCUT2D eigenvalue weighted by atomic mass is 35.5. The van der Waals surface area contributed by atoms with E-state index in [1.807, 2.05) is 30.3 Å². The number of alkyl carbamates (subject to hydrolysis) is 1. The Morgan fingerprint density at radius 3 is 2.77 bits per heavy atom. The second-order valence-corrected chi connectivity index (χ2v) is 5.09. The molecule has 0 unspecified atom stereocenters. The molecule has 0 aliphatic heterocycles. The second-order valence-electron chi connectivity index (χ2n) is 4.35. The molecule has 1 aromatic heterocycles. The van der Waals surface area contributed by atoms with E-state index in [0.29, 0.717) is 11.6 Å². The normalized spacial score (nSPS) is 10.6. The molecule has 4 nitrogen and oxygen atoms in total. The van der Waals surface area contributed by atoms with E-state index in [-0.39, 0.29) is 11.8 Å².